The number of hydroxylamine groups is 1. The molecule has 0 aliphatic rings. The van der Waals surface area contributed by atoms with Crippen molar-refractivity contribution >= 4 is 47.5 Å². The Hall–Kier alpha value is -0.730. The molecule has 0 aliphatic heterocycles. The maximum atomic E-state index is 10.9. The zero-order chi connectivity index (χ0) is 12.4. The molecular weight excluding hydrogens is 239 g/mol. The standard InChI is InChI=1S/C9H14N2O5.Na.H/c1-2-7(12)15-8(13)3-4-9(14)16-11-6-5-10;;/h2,11H,1,3-6,10H2;;. The molecule has 8 heteroatoms. The number of nitrogens with two attached hydrogens (primary N) is 1. The summed E-state index contributed by atoms with van der Waals surface area (Å²) in [6, 6.07) is 0. The van der Waals surface area contributed by atoms with E-state index in [-0.39, 0.29) is 42.4 Å². The van der Waals surface area contributed by atoms with E-state index in [0.29, 0.717) is 13.1 Å². The van der Waals surface area contributed by atoms with Gasteiger partial charge in [-0.2, -0.15) is 5.48 Å². The van der Waals surface area contributed by atoms with Crippen molar-refractivity contribution in [1.29, 1.82) is 0 Å². The molecule has 0 bridgehead atoms. The number of esters is 2. The second-order valence-corrected chi connectivity index (χ2v) is 2.65. The van der Waals surface area contributed by atoms with E-state index >= 15 is 0 Å². The van der Waals surface area contributed by atoms with Gasteiger partial charge in [0.15, 0.2) is 0 Å². The van der Waals surface area contributed by atoms with Gasteiger partial charge in [0.05, 0.1) is 12.8 Å². The van der Waals surface area contributed by atoms with Gasteiger partial charge in [-0.15, -0.1) is 0 Å². The Morgan fingerprint density at radius 2 is 1.82 bits per heavy atom. The number of hydrogen-bond donors (Lipinski definition) is 2. The van der Waals surface area contributed by atoms with E-state index in [1.165, 1.54) is 0 Å². The van der Waals surface area contributed by atoms with Crippen LogP contribution in [0, 0.1) is 0 Å². The molecule has 17 heavy (non-hydrogen) atoms. The van der Waals surface area contributed by atoms with Gasteiger partial charge in [-0.3, -0.25) is 9.59 Å². The Balaban J connectivity index is 0. The van der Waals surface area contributed by atoms with Gasteiger partial charge in [0.25, 0.3) is 0 Å². The number of hydrogen-bond acceptors (Lipinski definition) is 7. The molecule has 0 radical (unpaired) electrons. The third-order valence-electron chi connectivity index (χ3n) is 1.35. The van der Waals surface area contributed by atoms with Crippen molar-refractivity contribution in [2.45, 2.75) is 12.8 Å². The first-order valence-electron chi connectivity index (χ1n) is 4.59. The van der Waals surface area contributed by atoms with E-state index in [1.807, 2.05) is 0 Å². The molecule has 0 heterocycles. The van der Waals surface area contributed by atoms with E-state index in [9.17, 15) is 14.4 Å². The summed E-state index contributed by atoms with van der Waals surface area (Å²) in [6.45, 7) is 3.77. The topological polar surface area (TPSA) is 108 Å². The second kappa shape index (κ2) is 11.7. The molecular formula is C9H15N2NaO5. The zero-order valence-electron chi connectivity index (χ0n) is 8.73. The molecule has 0 spiro atoms. The molecule has 0 aliphatic carbocycles. The van der Waals surface area contributed by atoms with Gasteiger partial charge in [-0.25, -0.2) is 4.79 Å². The number of carbonyl (C=O) groups is 3. The van der Waals surface area contributed by atoms with Crippen LogP contribution in [0.5, 0.6) is 0 Å². The van der Waals surface area contributed by atoms with Crippen LogP contribution >= 0.6 is 0 Å². The van der Waals surface area contributed by atoms with Crippen molar-refractivity contribution in [3.8, 4) is 0 Å². The van der Waals surface area contributed by atoms with Crippen LogP contribution in [0.1, 0.15) is 12.8 Å². The Morgan fingerprint density at radius 1 is 1.24 bits per heavy atom. The van der Waals surface area contributed by atoms with Gasteiger partial charge in [-0.1, -0.05) is 6.58 Å². The minimum absolute atomic E-state index is 0. The predicted octanol–water partition coefficient (Wildman–Crippen LogP) is -1.62. The van der Waals surface area contributed by atoms with E-state index in [1.54, 1.807) is 0 Å². The minimum atomic E-state index is -0.848. The van der Waals surface area contributed by atoms with Gasteiger partial charge < -0.3 is 15.3 Å². The van der Waals surface area contributed by atoms with Crippen LogP contribution in [0.15, 0.2) is 12.7 Å². The summed E-state index contributed by atoms with van der Waals surface area (Å²) in [6.07, 6.45) is 0.447. The van der Waals surface area contributed by atoms with Crippen molar-refractivity contribution in [3.63, 3.8) is 0 Å². The van der Waals surface area contributed by atoms with Crippen LogP contribution in [-0.2, 0) is 24.0 Å². The third kappa shape index (κ3) is 11.5. The number of nitrogens with one attached hydrogen (secondary N) is 1. The first kappa shape index (κ1) is 18.6. The predicted molar refractivity (Wildman–Crippen MR) is 60.8 cm³/mol. The summed E-state index contributed by atoms with van der Waals surface area (Å²) in [5, 5.41) is 0. The van der Waals surface area contributed by atoms with E-state index < -0.39 is 17.9 Å². The van der Waals surface area contributed by atoms with Crippen LogP contribution < -0.4 is 11.2 Å². The maximum absolute atomic E-state index is 10.9. The molecule has 0 rings (SSSR count). The average molecular weight is 254 g/mol. The van der Waals surface area contributed by atoms with Crippen molar-refractivity contribution in [3.05, 3.63) is 12.7 Å². The molecule has 0 fully saturated rings. The van der Waals surface area contributed by atoms with Crippen molar-refractivity contribution in [2.24, 2.45) is 5.73 Å². The summed E-state index contributed by atoms with van der Waals surface area (Å²) in [4.78, 5) is 36.9. The number of rotatable bonds is 7. The third-order valence-corrected chi connectivity index (χ3v) is 1.35. The Bertz CT molecular complexity index is 283. The van der Waals surface area contributed by atoms with Gasteiger partial charge >= 0.3 is 47.5 Å². The van der Waals surface area contributed by atoms with Crippen LogP contribution in [-0.4, -0.2) is 60.6 Å². The summed E-state index contributed by atoms with van der Waals surface area (Å²) < 4.78 is 4.23. The fraction of sp³-hybridized carbons (Fsp3) is 0.444. The van der Waals surface area contributed by atoms with Gasteiger partial charge in [0, 0.05) is 19.2 Å². The molecule has 0 amide bonds. The summed E-state index contributed by atoms with van der Waals surface area (Å²) in [5.41, 5.74) is 7.43. The molecule has 0 aromatic carbocycles. The summed E-state index contributed by atoms with van der Waals surface area (Å²) in [5.74, 6) is -2.28. The zero-order valence-corrected chi connectivity index (χ0v) is 8.73. The van der Waals surface area contributed by atoms with Gasteiger partial charge in [0.1, 0.15) is 0 Å². The fourth-order valence-corrected chi connectivity index (χ4v) is 0.650. The molecule has 7 nitrogen and oxygen atoms in total. The fourth-order valence-electron chi connectivity index (χ4n) is 0.650. The molecule has 0 unspecified atom stereocenters. The summed E-state index contributed by atoms with van der Waals surface area (Å²) >= 11 is 0. The molecule has 0 atom stereocenters. The van der Waals surface area contributed by atoms with Crippen LogP contribution in [0.25, 0.3) is 0 Å². The Morgan fingerprint density at radius 3 is 2.35 bits per heavy atom. The van der Waals surface area contributed by atoms with Crippen molar-refractivity contribution in [2.75, 3.05) is 13.1 Å². The monoisotopic (exact) mass is 254 g/mol. The normalized spacial score (nSPS) is 8.76. The number of ether oxygens (including phenoxy) is 1. The Labute approximate surface area is 121 Å². The van der Waals surface area contributed by atoms with Crippen LogP contribution in [0.3, 0.4) is 0 Å². The SMILES string of the molecule is C=CC(=O)OC(=O)CCC(=O)ONCCN.[NaH]. The molecule has 0 aromatic rings. The average Bonchev–Trinajstić information content (AvgIpc) is 2.26. The van der Waals surface area contributed by atoms with Crippen LogP contribution in [0.4, 0.5) is 0 Å². The van der Waals surface area contributed by atoms with E-state index in [4.69, 9.17) is 5.73 Å². The molecule has 0 aromatic heterocycles. The second-order valence-electron chi connectivity index (χ2n) is 2.65. The Kier molecular flexibility index (Phi) is 12.9. The molecule has 0 saturated carbocycles. The van der Waals surface area contributed by atoms with Gasteiger partial charge in [0.2, 0.25) is 0 Å². The molecule has 92 valence electrons. The molecule has 0 saturated heterocycles. The quantitative estimate of drug-likeness (QED) is 0.140. The van der Waals surface area contributed by atoms with Crippen LogP contribution in [0.2, 0.25) is 0 Å². The van der Waals surface area contributed by atoms with E-state index in [0.717, 1.165) is 6.08 Å². The number of carbonyl (C=O) groups excluding carboxylic acids is 3. The van der Waals surface area contributed by atoms with Crippen molar-refractivity contribution < 1.29 is 24.0 Å². The summed E-state index contributed by atoms with van der Waals surface area (Å²) in [7, 11) is 0. The van der Waals surface area contributed by atoms with E-state index in [2.05, 4.69) is 21.6 Å². The first-order valence-corrected chi connectivity index (χ1v) is 4.59. The first-order chi connectivity index (χ1) is 7.60. The van der Waals surface area contributed by atoms with Crippen molar-refractivity contribution in [1.82, 2.24) is 5.48 Å². The molecule has 3 N–H and O–H groups in total. The van der Waals surface area contributed by atoms with Gasteiger partial charge in [-0.05, 0) is 0 Å².